The van der Waals surface area contributed by atoms with Crippen LogP contribution in [-0.4, -0.2) is 36.9 Å². The van der Waals surface area contributed by atoms with E-state index in [1.807, 2.05) is 6.20 Å². The van der Waals surface area contributed by atoms with E-state index in [9.17, 15) is 13.6 Å². The number of ketones is 1. The van der Waals surface area contributed by atoms with E-state index in [1.54, 1.807) is 18.2 Å². The third-order valence-electron chi connectivity index (χ3n) is 4.83. The summed E-state index contributed by atoms with van der Waals surface area (Å²) in [6, 6.07) is 10.9. The summed E-state index contributed by atoms with van der Waals surface area (Å²) in [6.45, 7) is 3.20. The third-order valence-corrected chi connectivity index (χ3v) is 4.83. The van der Waals surface area contributed by atoms with E-state index in [0.717, 1.165) is 43.0 Å². The van der Waals surface area contributed by atoms with Crippen LogP contribution in [0.4, 0.5) is 14.5 Å². The molecule has 2 aromatic carbocycles. The van der Waals surface area contributed by atoms with Gasteiger partial charge in [-0.15, -0.1) is 0 Å². The SMILES string of the molecule is O=C1/C(=C/N2CCN(c3ccc(F)cc3)CC2)Cc2cc(F)ccc21. The van der Waals surface area contributed by atoms with Crippen molar-refractivity contribution >= 4 is 11.5 Å². The highest BCUT2D eigenvalue weighted by molar-refractivity contribution is 6.13. The Labute approximate surface area is 145 Å². The van der Waals surface area contributed by atoms with E-state index in [4.69, 9.17) is 0 Å². The van der Waals surface area contributed by atoms with Crippen LogP contribution in [0.2, 0.25) is 0 Å². The predicted octanol–water partition coefficient (Wildman–Crippen LogP) is 3.41. The number of rotatable bonds is 2. The first-order valence-electron chi connectivity index (χ1n) is 8.38. The Bertz CT molecular complexity index is 837. The predicted molar refractivity (Wildman–Crippen MR) is 92.7 cm³/mol. The first-order valence-corrected chi connectivity index (χ1v) is 8.38. The van der Waals surface area contributed by atoms with Crippen LogP contribution in [0.5, 0.6) is 0 Å². The number of halogens is 2. The molecular weight excluding hydrogens is 322 g/mol. The third kappa shape index (κ3) is 3.14. The van der Waals surface area contributed by atoms with Gasteiger partial charge in [0.25, 0.3) is 0 Å². The average Bonchev–Trinajstić information content (AvgIpc) is 2.91. The molecule has 0 aromatic heterocycles. The molecule has 2 aromatic rings. The van der Waals surface area contributed by atoms with E-state index in [0.29, 0.717) is 12.0 Å². The second kappa shape index (κ2) is 6.31. The lowest BCUT2D eigenvalue weighted by molar-refractivity contribution is 0.103. The van der Waals surface area contributed by atoms with Gasteiger partial charge in [0.2, 0.25) is 0 Å². The lowest BCUT2D eigenvalue weighted by Gasteiger charge is -2.35. The summed E-state index contributed by atoms with van der Waals surface area (Å²) in [5, 5.41) is 0. The minimum atomic E-state index is -0.305. The Kier molecular flexibility index (Phi) is 3.99. The van der Waals surface area contributed by atoms with Crippen LogP contribution in [0.25, 0.3) is 0 Å². The molecule has 1 fully saturated rings. The number of carbonyl (C=O) groups is 1. The summed E-state index contributed by atoms with van der Waals surface area (Å²) in [6.07, 6.45) is 2.41. The summed E-state index contributed by atoms with van der Waals surface area (Å²) in [5.74, 6) is -0.542. The summed E-state index contributed by atoms with van der Waals surface area (Å²) >= 11 is 0. The molecule has 0 radical (unpaired) electrons. The maximum Gasteiger partial charge on any atom is 0.191 e. The fourth-order valence-corrected chi connectivity index (χ4v) is 3.47. The zero-order valence-electron chi connectivity index (χ0n) is 13.7. The van der Waals surface area contributed by atoms with Crippen molar-refractivity contribution in [1.29, 1.82) is 0 Å². The molecule has 3 nitrogen and oxygen atoms in total. The Hall–Kier alpha value is -2.69. The maximum absolute atomic E-state index is 13.3. The molecule has 5 heteroatoms. The van der Waals surface area contributed by atoms with Crippen LogP contribution in [0.15, 0.2) is 54.2 Å². The molecule has 0 amide bonds. The molecule has 0 spiro atoms. The first kappa shape index (κ1) is 15.8. The molecule has 0 atom stereocenters. The number of Topliss-reactive ketones (excluding diaryl/α,β-unsaturated/α-hetero) is 1. The first-order chi connectivity index (χ1) is 12.1. The van der Waals surface area contributed by atoms with Gasteiger partial charge >= 0.3 is 0 Å². The van der Waals surface area contributed by atoms with Gasteiger partial charge in [-0.25, -0.2) is 8.78 Å². The van der Waals surface area contributed by atoms with Crippen LogP contribution < -0.4 is 4.90 Å². The lowest BCUT2D eigenvalue weighted by Crippen LogP contribution is -2.44. The molecular formula is C20H18F2N2O. The van der Waals surface area contributed by atoms with Crippen molar-refractivity contribution in [2.75, 3.05) is 31.1 Å². The fourth-order valence-electron chi connectivity index (χ4n) is 3.47. The highest BCUT2D eigenvalue weighted by atomic mass is 19.1. The molecule has 0 saturated carbocycles. The molecule has 1 heterocycles. The quantitative estimate of drug-likeness (QED) is 0.783. The van der Waals surface area contributed by atoms with Crippen molar-refractivity contribution in [2.24, 2.45) is 0 Å². The number of anilines is 1. The molecule has 1 saturated heterocycles. The number of hydrogen-bond acceptors (Lipinski definition) is 3. The van der Waals surface area contributed by atoms with Gasteiger partial charge < -0.3 is 9.80 Å². The van der Waals surface area contributed by atoms with E-state index in [1.165, 1.54) is 24.3 Å². The molecule has 0 N–H and O–H groups in total. The lowest BCUT2D eigenvalue weighted by atomic mass is 10.1. The van der Waals surface area contributed by atoms with Gasteiger partial charge in [0.15, 0.2) is 5.78 Å². The highest BCUT2D eigenvalue weighted by Crippen LogP contribution is 2.27. The van der Waals surface area contributed by atoms with Gasteiger partial charge in [0, 0.05) is 55.6 Å². The Morgan fingerprint density at radius 1 is 0.880 bits per heavy atom. The van der Waals surface area contributed by atoms with Crippen LogP contribution in [0.3, 0.4) is 0 Å². The molecule has 25 heavy (non-hydrogen) atoms. The summed E-state index contributed by atoms with van der Waals surface area (Å²) in [4.78, 5) is 16.8. The number of nitrogens with zero attached hydrogens (tertiary/aromatic N) is 2. The smallest absolute Gasteiger partial charge is 0.191 e. The molecule has 1 aliphatic carbocycles. The van der Waals surface area contributed by atoms with E-state index in [2.05, 4.69) is 9.80 Å². The van der Waals surface area contributed by atoms with Gasteiger partial charge in [0.05, 0.1) is 0 Å². The topological polar surface area (TPSA) is 23.6 Å². The average molecular weight is 340 g/mol. The van der Waals surface area contributed by atoms with E-state index >= 15 is 0 Å². The van der Waals surface area contributed by atoms with E-state index in [-0.39, 0.29) is 17.4 Å². The van der Waals surface area contributed by atoms with Gasteiger partial charge in [-0.2, -0.15) is 0 Å². The minimum absolute atomic E-state index is 0.00374. The highest BCUT2D eigenvalue weighted by Gasteiger charge is 2.26. The standard InChI is InChI=1S/C20H18F2N2O/c21-16-1-4-18(5-2-16)24-9-7-23(8-10-24)13-15-11-14-12-17(22)3-6-19(14)20(15)25/h1-6,12-13H,7-11H2/b15-13+. The van der Waals surface area contributed by atoms with Crippen LogP contribution in [0, 0.1) is 11.6 Å². The van der Waals surface area contributed by atoms with Crippen LogP contribution >= 0.6 is 0 Å². The maximum atomic E-state index is 13.3. The number of benzene rings is 2. The summed E-state index contributed by atoms with van der Waals surface area (Å²) in [5.41, 5.74) is 3.10. The molecule has 2 aliphatic rings. The van der Waals surface area contributed by atoms with Crippen LogP contribution in [-0.2, 0) is 6.42 Å². The fraction of sp³-hybridized carbons (Fsp3) is 0.250. The molecule has 4 rings (SSSR count). The number of hydrogen-bond donors (Lipinski definition) is 0. The Balaban J connectivity index is 1.43. The summed E-state index contributed by atoms with van der Waals surface area (Å²) < 4.78 is 26.4. The van der Waals surface area contributed by atoms with Crippen molar-refractivity contribution in [3.63, 3.8) is 0 Å². The number of piperazine rings is 1. The molecule has 0 unspecified atom stereocenters. The molecule has 1 aliphatic heterocycles. The van der Waals surface area contributed by atoms with Gasteiger partial charge in [-0.1, -0.05) is 0 Å². The monoisotopic (exact) mass is 340 g/mol. The van der Waals surface area contributed by atoms with Gasteiger partial charge in [-0.05, 0) is 48.0 Å². The van der Waals surface area contributed by atoms with Crippen molar-refractivity contribution in [2.45, 2.75) is 6.42 Å². The van der Waals surface area contributed by atoms with Gasteiger partial charge in [-0.3, -0.25) is 4.79 Å². The largest absolute Gasteiger partial charge is 0.373 e. The normalized spacial score (nSPS) is 18.8. The number of allylic oxidation sites excluding steroid dienone is 1. The van der Waals surface area contributed by atoms with Gasteiger partial charge in [0.1, 0.15) is 11.6 Å². The van der Waals surface area contributed by atoms with Crippen LogP contribution in [0.1, 0.15) is 15.9 Å². The molecule has 0 bridgehead atoms. The van der Waals surface area contributed by atoms with E-state index < -0.39 is 0 Å². The summed E-state index contributed by atoms with van der Waals surface area (Å²) in [7, 11) is 0. The minimum Gasteiger partial charge on any atom is -0.373 e. The van der Waals surface area contributed by atoms with Crippen molar-refractivity contribution in [3.8, 4) is 0 Å². The number of fused-ring (bicyclic) bond motifs is 1. The Morgan fingerprint density at radius 2 is 1.56 bits per heavy atom. The molecule has 128 valence electrons. The zero-order chi connectivity index (χ0) is 17.4. The van der Waals surface area contributed by atoms with Crippen molar-refractivity contribution in [3.05, 3.63) is 77.0 Å². The number of carbonyl (C=O) groups excluding carboxylic acids is 1. The van der Waals surface area contributed by atoms with Crippen molar-refractivity contribution < 1.29 is 13.6 Å². The second-order valence-electron chi connectivity index (χ2n) is 6.46. The second-order valence-corrected chi connectivity index (χ2v) is 6.46. The van der Waals surface area contributed by atoms with Crippen molar-refractivity contribution in [1.82, 2.24) is 4.90 Å². The zero-order valence-corrected chi connectivity index (χ0v) is 13.7. The Morgan fingerprint density at radius 3 is 2.28 bits per heavy atom.